The van der Waals surface area contributed by atoms with Crippen molar-refractivity contribution in [3.8, 4) is 0 Å². The first-order chi connectivity index (χ1) is 6.07. The van der Waals surface area contributed by atoms with E-state index < -0.39 is 12.2 Å². The van der Waals surface area contributed by atoms with E-state index in [1.807, 2.05) is 13.8 Å². The van der Waals surface area contributed by atoms with E-state index in [0.29, 0.717) is 6.42 Å². The lowest BCUT2D eigenvalue weighted by Crippen LogP contribution is -2.26. The van der Waals surface area contributed by atoms with Crippen LogP contribution in [0.4, 0.5) is 0 Å². The maximum Gasteiger partial charge on any atom is 0.0798 e. The summed E-state index contributed by atoms with van der Waals surface area (Å²) in [6.45, 7) is 4.15. The molecule has 0 spiro atoms. The molecular formula is C9H20O4. The van der Waals surface area contributed by atoms with Crippen LogP contribution in [0.25, 0.3) is 0 Å². The van der Waals surface area contributed by atoms with Crippen LogP contribution in [0.1, 0.15) is 20.3 Å². The largest absolute Gasteiger partial charge is 0.394 e. The Labute approximate surface area is 79.2 Å². The van der Waals surface area contributed by atoms with Gasteiger partial charge >= 0.3 is 0 Å². The summed E-state index contributed by atoms with van der Waals surface area (Å²) in [6.07, 6.45) is -0.819. The molecule has 0 saturated carbocycles. The summed E-state index contributed by atoms with van der Waals surface area (Å²) in [5.41, 5.74) is 0. The van der Waals surface area contributed by atoms with Gasteiger partial charge in [0.25, 0.3) is 0 Å². The Kier molecular flexibility index (Phi) is 7.17. The van der Waals surface area contributed by atoms with E-state index in [9.17, 15) is 10.2 Å². The van der Waals surface area contributed by atoms with Crippen LogP contribution in [0.3, 0.4) is 0 Å². The third-order valence-electron chi connectivity index (χ3n) is 1.83. The number of rotatable bonds is 7. The summed E-state index contributed by atoms with van der Waals surface area (Å²) in [7, 11) is 0. The number of aliphatic hydroxyl groups is 3. The number of hydrogen-bond donors (Lipinski definition) is 3. The van der Waals surface area contributed by atoms with Crippen molar-refractivity contribution >= 4 is 0 Å². The smallest absolute Gasteiger partial charge is 0.0798 e. The van der Waals surface area contributed by atoms with Crippen molar-refractivity contribution in [2.75, 3.05) is 19.8 Å². The quantitative estimate of drug-likeness (QED) is 0.487. The molecule has 0 fully saturated rings. The summed E-state index contributed by atoms with van der Waals surface area (Å²) in [6, 6.07) is 0. The highest BCUT2D eigenvalue weighted by Gasteiger charge is 2.14. The van der Waals surface area contributed by atoms with Crippen LogP contribution < -0.4 is 0 Å². The summed E-state index contributed by atoms with van der Waals surface area (Å²) < 4.78 is 4.91. The van der Waals surface area contributed by atoms with Crippen molar-refractivity contribution in [2.24, 2.45) is 5.92 Å². The highest BCUT2D eigenvalue weighted by molar-refractivity contribution is 4.65. The highest BCUT2D eigenvalue weighted by Crippen LogP contribution is 2.08. The summed E-state index contributed by atoms with van der Waals surface area (Å²) >= 11 is 0. The van der Waals surface area contributed by atoms with Gasteiger partial charge in [-0.1, -0.05) is 13.8 Å². The van der Waals surface area contributed by atoms with E-state index in [-0.39, 0.29) is 25.7 Å². The van der Waals surface area contributed by atoms with Gasteiger partial charge in [-0.25, -0.2) is 0 Å². The monoisotopic (exact) mass is 192 g/mol. The number of hydrogen-bond acceptors (Lipinski definition) is 4. The van der Waals surface area contributed by atoms with Gasteiger partial charge in [0, 0.05) is 6.42 Å². The molecule has 0 saturated heterocycles. The third kappa shape index (κ3) is 6.95. The zero-order chi connectivity index (χ0) is 10.3. The normalized spacial score (nSPS) is 16.2. The van der Waals surface area contributed by atoms with Crippen LogP contribution in [-0.2, 0) is 4.74 Å². The molecule has 4 nitrogen and oxygen atoms in total. The van der Waals surface area contributed by atoms with E-state index in [1.54, 1.807) is 0 Å². The fourth-order valence-electron chi connectivity index (χ4n) is 0.903. The predicted octanol–water partition coefficient (Wildman–Crippen LogP) is -0.237. The van der Waals surface area contributed by atoms with Crippen molar-refractivity contribution < 1.29 is 20.1 Å². The van der Waals surface area contributed by atoms with Gasteiger partial charge in [0.1, 0.15) is 0 Å². The molecule has 13 heavy (non-hydrogen) atoms. The Morgan fingerprint density at radius 3 is 2.31 bits per heavy atom. The van der Waals surface area contributed by atoms with Crippen LogP contribution >= 0.6 is 0 Å². The molecule has 0 aromatic carbocycles. The van der Waals surface area contributed by atoms with Gasteiger partial charge in [0.2, 0.25) is 0 Å². The molecule has 0 aliphatic heterocycles. The Bertz CT molecular complexity index is 116. The summed E-state index contributed by atoms with van der Waals surface area (Å²) in [5, 5.41) is 27.1. The average molecular weight is 192 g/mol. The van der Waals surface area contributed by atoms with Crippen molar-refractivity contribution in [3.05, 3.63) is 0 Å². The molecule has 80 valence electrons. The number of aliphatic hydroxyl groups excluding tert-OH is 3. The SMILES string of the molecule is CC(C)C(O)CC(O)COCCO. The first-order valence-corrected chi connectivity index (χ1v) is 4.62. The van der Waals surface area contributed by atoms with E-state index in [0.717, 1.165) is 0 Å². The van der Waals surface area contributed by atoms with E-state index >= 15 is 0 Å². The molecule has 0 aliphatic rings. The second kappa shape index (κ2) is 7.26. The minimum atomic E-state index is -0.649. The molecule has 0 heterocycles. The molecule has 3 N–H and O–H groups in total. The maximum atomic E-state index is 9.39. The molecule has 0 bridgehead atoms. The Morgan fingerprint density at radius 2 is 1.85 bits per heavy atom. The van der Waals surface area contributed by atoms with Gasteiger partial charge in [-0.05, 0) is 5.92 Å². The molecular weight excluding hydrogens is 172 g/mol. The zero-order valence-electron chi connectivity index (χ0n) is 8.31. The fourth-order valence-corrected chi connectivity index (χ4v) is 0.903. The summed E-state index contributed by atoms with van der Waals surface area (Å²) in [5.74, 6) is 0.146. The van der Waals surface area contributed by atoms with Crippen LogP contribution in [-0.4, -0.2) is 47.3 Å². The summed E-state index contributed by atoms with van der Waals surface area (Å²) in [4.78, 5) is 0. The second-order valence-corrected chi connectivity index (χ2v) is 3.50. The first-order valence-electron chi connectivity index (χ1n) is 4.62. The lowest BCUT2D eigenvalue weighted by molar-refractivity contribution is -0.0107. The van der Waals surface area contributed by atoms with Gasteiger partial charge in [-0.3, -0.25) is 0 Å². The lowest BCUT2D eigenvalue weighted by Gasteiger charge is -2.18. The number of ether oxygens (including phenoxy) is 1. The topological polar surface area (TPSA) is 69.9 Å². The van der Waals surface area contributed by atoms with Gasteiger partial charge < -0.3 is 20.1 Å². The van der Waals surface area contributed by atoms with Gasteiger partial charge in [-0.15, -0.1) is 0 Å². The average Bonchev–Trinajstić information content (AvgIpc) is 2.04. The maximum absolute atomic E-state index is 9.39. The minimum absolute atomic E-state index is 0.0422. The molecule has 0 amide bonds. The van der Waals surface area contributed by atoms with Crippen molar-refractivity contribution in [2.45, 2.75) is 32.5 Å². The molecule has 0 aromatic heterocycles. The predicted molar refractivity (Wildman–Crippen MR) is 49.4 cm³/mol. The Balaban J connectivity index is 3.43. The third-order valence-corrected chi connectivity index (χ3v) is 1.83. The molecule has 2 unspecified atom stereocenters. The Hall–Kier alpha value is -0.160. The molecule has 0 aliphatic carbocycles. The molecule has 0 rings (SSSR count). The fraction of sp³-hybridized carbons (Fsp3) is 1.00. The first kappa shape index (κ1) is 12.8. The van der Waals surface area contributed by atoms with Crippen LogP contribution in [0, 0.1) is 5.92 Å². The molecule has 0 aromatic rings. The highest BCUT2D eigenvalue weighted by atomic mass is 16.5. The van der Waals surface area contributed by atoms with Crippen LogP contribution in [0.2, 0.25) is 0 Å². The van der Waals surface area contributed by atoms with E-state index in [4.69, 9.17) is 9.84 Å². The molecule has 4 heteroatoms. The Morgan fingerprint density at radius 1 is 1.23 bits per heavy atom. The second-order valence-electron chi connectivity index (χ2n) is 3.50. The lowest BCUT2D eigenvalue weighted by atomic mass is 10.0. The van der Waals surface area contributed by atoms with Crippen LogP contribution in [0.15, 0.2) is 0 Å². The van der Waals surface area contributed by atoms with Crippen molar-refractivity contribution in [1.82, 2.24) is 0 Å². The van der Waals surface area contributed by atoms with Crippen molar-refractivity contribution in [3.63, 3.8) is 0 Å². The minimum Gasteiger partial charge on any atom is -0.394 e. The van der Waals surface area contributed by atoms with E-state index in [1.165, 1.54) is 0 Å². The molecule has 2 atom stereocenters. The zero-order valence-corrected chi connectivity index (χ0v) is 8.31. The molecule has 0 radical (unpaired) electrons. The van der Waals surface area contributed by atoms with Crippen molar-refractivity contribution in [1.29, 1.82) is 0 Å². The standard InChI is InChI=1S/C9H20O4/c1-7(2)9(12)5-8(11)6-13-4-3-10/h7-12H,3-6H2,1-2H3. The van der Waals surface area contributed by atoms with Gasteiger partial charge in [0.15, 0.2) is 0 Å². The van der Waals surface area contributed by atoms with E-state index in [2.05, 4.69) is 0 Å². The van der Waals surface area contributed by atoms with Gasteiger partial charge in [0.05, 0.1) is 32.0 Å². The van der Waals surface area contributed by atoms with Gasteiger partial charge in [-0.2, -0.15) is 0 Å². The van der Waals surface area contributed by atoms with Crippen LogP contribution in [0.5, 0.6) is 0 Å².